The number of rotatable bonds is 7. The number of likely N-dealkylation sites (N-methyl/N-ethyl adjacent to an activating group) is 2. The molecular weight excluding hydrogens is 252 g/mol. The van der Waals surface area contributed by atoms with Crippen LogP contribution in [-0.4, -0.2) is 55.6 Å². The van der Waals surface area contributed by atoms with Crippen LogP contribution in [0.25, 0.3) is 0 Å². The maximum atomic E-state index is 12.2. The van der Waals surface area contributed by atoms with Gasteiger partial charge in [0.1, 0.15) is 5.82 Å². The third kappa shape index (κ3) is 4.20. The summed E-state index contributed by atoms with van der Waals surface area (Å²) in [5.74, 6) is 0.920. The summed E-state index contributed by atoms with van der Waals surface area (Å²) in [6.45, 7) is 8.74. The van der Waals surface area contributed by atoms with Crippen LogP contribution in [0.3, 0.4) is 0 Å². The van der Waals surface area contributed by atoms with E-state index in [1.54, 1.807) is 18.1 Å². The monoisotopic (exact) mass is 278 g/mol. The van der Waals surface area contributed by atoms with Crippen LogP contribution in [-0.2, 0) is 0 Å². The second-order valence-corrected chi connectivity index (χ2v) is 5.12. The Kier molecular flexibility index (Phi) is 6.45. The summed E-state index contributed by atoms with van der Waals surface area (Å²) in [4.78, 5) is 20.5. The molecule has 0 atom stereocenters. The predicted octanol–water partition coefficient (Wildman–Crippen LogP) is 1.61. The third-order valence-corrected chi connectivity index (χ3v) is 3.30. The van der Waals surface area contributed by atoms with Gasteiger partial charge in [0.2, 0.25) is 0 Å². The van der Waals surface area contributed by atoms with Gasteiger partial charge in [-0.3, -0.25) is 4.79 Å². The van der Waals surface area contributed by atoms with Gasteiger partial charge in [0.25, 0.3) is 5.91 Å². The van der Waals surface area contributed by atoms with E-state index in [4.69, 9.17) is 0 Å². The summed E-state index contributed by atoms with van der Waals surface area (Å²) in [6, 6.07) is 4.17. The van der Waals surface area contributed by atoms with E-state index in [1.165, 1.54) is 0 Å². The smallest absolute Gasteiger partial charge is 0.255 e. The standard InChI is InChI=1S/C15H26N4O/c1-6-19(12(2)3)14-8-7-13(11-17-14)15(20)18(5)10-9-16-4/h7-8,11-12,16H,6,9-10H2,1-5H3. The zero-order chi connectivity index (χ0) is 15.1. The van der Waals surface area contributed by atoms with Crippen LogP contribution in [0.4, 0.5) is 5.82 Å². The molecule has 0 unspecified atom stereocenters. The Hall–Kier alpha value is -1.62. The van der Waals surface area contributed by atoms with Crippen molar-refractivity contribution >= 4 is 11.7 Å². The van der Waals surface area contributed by atoms with Gasteiger partial charge in [0.15, 0.2) is 0 Å². The maximum absolute atomic E-state index is 12.2. The Balaban J connectivity index is 2.77. The summed E-state index contributed by atoms with van der Waals surface area (Å²) in [5.41, 5.74) is 0.632. The zero-order valence-electron chi connectivity index (χ0n) is 13.2. The summed E-state index contributed by atoms with van der Waals surface area (Å²) >= 11 is 0. The number of hydrogen-bond acceptors (Lipinski definition) is 4. The number of nitrogens with zero attached hydrogens (tertiary/aromatic N) is 3. The molecule has 1 amide bonds. The molecular formula is C15H26N4O. The molecule has 112 valence electrons. The van der Waals surface area contributed by atoms with Crippen molar-refractivity contribution in [3.8, 4) is 0 Å². The van der Waals surface area contributed by atoms with E-state index in [2.05, 4.69) is 36.0 Å². The number of hydrogen-bond donors (Lipinski definition) is 1. The van der Waals surface area contributed by atoms with Crippen molar-refractivity contribution in [3.05, 3.63) is 23.9 Å². The first-order valence-corrected chi connectivity index (χ1v) is 7.14. The number of carbonyl (C=O) groups is 1. The minimum atomic E-state index is 0.00638. The highest BCUT2D eigenvalue weighted by molar-refractivity contribution is 5.93. The van der Waals surface area contributed by atoms with Gasteiger partial charge in [-0.2, -0.15) is 0 Å². The lowest BCUT2D eigenvalue weighted by Gasteiger charge is -2.26. The lowest BCUT2D eigenvalue weighted by atomic mass is 10.2. The second-order valence-electron chi connectivity index (χ2n) is 5.12. The summed E-state index contributed by atoms with van der Waals surface area (Å²) in [7, 11) is 3.68. The first kappa shape index (κ1) is 16.4. The normalized spacial score (nSPS) is 10.7. The Morgan fingerprint density at radius 1 is 1.40 bits per heavy atom. The van der Waals surface area contributed by atoms with Crippen molar-refractivity contribution in [2.75, 3.05) is 38.6 Å². The van der Waals surface area contributed by atoms with Crippen LogP contribution < -0.4 is 10.2 Å². The second kappa shape index (κ2) is 7.85. The Morgan fingerprint density at radius 3 is 2.55 bits per heavy atom. The van der Waals surface area contributed by atoms with Gasteiger partial charge in [-0.15, -0.1) is 0 Å². The summed E-state index contributed by atoms with van der Waals surface area (Å²) in [6.07, 6.45) is 1.67. The number of pyridine rings is 1. The molecule has 0 aliphatic carbocycles. The molecule has 1 aromatic heterocycles. The zero-order valence-corrected chi connectivity index (χ0v) is 13.2. The number of aromatic nitrogens is 1. The quantitative estimate of drug-likeness (QED) is 0.823. The Bertz CT molecular complexity index is 416. The maximum Gasteiger partial charge on any atom is 0.255 e. The topological polar surface area (TPSA) is 48.5 Å². The molecule has 1 rings (SSSR count). The Labute approximate surface area is 122 Å². The van der Waals surface area contributed by atoms with E-state index in [9.17, 15) is 4.79 Å². The molecule has 0 saturated carbocycles. The predicted molar refractivity (Wildman–Crippen MR) is 83.3 cm³/mol. The van der Waals surface area contributed by atoms with Gasteiger partial charge in [-0.05, 0) is 40.0 Å². The molecule has 0 aliphatic rings. The number of nitrogens with one attached hydrogen (secondary N) is 1. The number of carbonyl (C=O) groups excluding carboxylic acids is 1. The van der Waals surface area contributed by atoms with Crippen LogP contribution in [0.2, 0.25) is 0 Å². The fourth-order valence-corrected chi connectivity index (χ4v) is 2.08. The van der Waals surface area contributed by atoms with E-state index in [1.807, 2.05) is 19.2 Å². The fraction of sp³-hybridized carbons (Fsp3) is 0.600. The summed E-state index contributed by atoms with van der Waals surface area (Å²) in [5, 5.41) is 3.03. The highest BCUT2D eigenvalue weighted by atomic mass is 16.2. The van der Waals surface area contributed by atoms with Gasteiger partial charge in [-0.1, -0.05) is 0 Å². The third-order valence-electron chi connectivity index (χ3n) is 3.30. The first-order valence-electron chi connectivity index (χ1n) is 7.14. The van der Waals surface area contributed by atoms with E-state index in [-0.39, 0.29) is 5.91 Å². The molecule has 5 heteroatoms. The minimum Gasteiger partial charge on any atom is -0.354 e. The molecule has 0 radical (unpaired) electrons. The van der Waals surface area contributed by atoms with Crippen LogP contribution >= 0.6 is 0 Å². The van der Waals surface area contributed by atoms with Crippen molar-refractivity contribution in [1.29, 1.82) is 0 Å². The van der Waals surface area contributed by atoms with E-state index in [0.717, 1.165) is 18.9 Å². The van der Waals surface area contributed by atoms with Gasteiger partial charge in [0.05, 0.1) is 5.56 Å². The van der Waals surface area contributed by atoms with Crippen molar-refractivity contribution in [2.24, 2.45) is 0 Å². The van der Waals surface area contributed by atoms with Crippen molar-refractivity contribution in [3.63, 3.8) is 0 Å². The van der Waals surface area contributed by atoms with Gasteiger partial charge in [-0.25, -0.2) is 4.98 Å². The van der Waals surface area contributed by atoms with Gasteiger partial charge < -0.3 is 15.1 Å². The van der Waals surface area contributed by atoms with Crippen molar-refractivity contribution in [1.82, 2.24) is 15.2 Å². The van der Waals surface area contributed by atoms with E-state index >= 15 is 0 Å². The molecule has 0 aromatic carbocycles. The highest BCUT2D eigenvalue weighted by Gasteiger charge is 2.14. The molecule has 0 fully saturated rings. The van der Waals surface area contributed by atoms with E-state index in [0.29, 0.717) is 18.2 Å². The molecule has 20 heavy (non-hydrogen) atoms. The van der Waals surface area contributed by atoms with Gasteiger partial charge in [0, 0.05) is 38.9 Å². The molecule has 0 spiro atoms. The molecule has 0 aliphatic heterocycles. The highest BCUT2D eigenvalue weighted by Crippen LogP contribution is 2.14. The lowest BCUT2D eigenvalue weighted by Crippen LogP contribution is -2.33. The summed E-state index contributed by atoms with van der Waals surface area (Å²) < 4.78 is 0. The average Bonchev–Trinajstić information content (AvgIpc) is 2.45. The SMILES string of the molecule is CCN(c1ccc(C(=O)N(C)CCNC)cn1)C(C)C. The number of amides is 1. The molecule has 0 bridgehead atoms. The molecule has 5 nitrogen and oxygen atoms in total. The van der Waals surface area contributed by atoms with Crippen molar-refractivity contribution in [2.45, 2.75) is 26.8 Å². The lowest BCUT2D eigenvalue weighted by molar-refractivity contribution is 0.0796. The average molecular weight is 278 g/mol. The van der Waals surface area contributed by atoms with Crippen molar-refractivity contribution < 1.29 is 4.79 Å². The van der Waals surface area contributed by atoms with E-state index < -0.39 is 0 Å². The number of anilines is 1. The molecule has 1 aromatic rings. The van der Waals surface area contributed by atoms with Gasteiger partial charge >= 0.3 is 0 Å². The fourth-order valence-electron chi connectivity index (χ4n) is 2.08. The minimum absolute atomic E-state index is 0.00638. The van der Waals surface area contributed by atoms with Crippen LogP contribution in [0.15, 0.2) is 18.3 Å². The molecule has 1 heterocycles. The Morgan fingerprint density at radius 2 is 2.10 bits per heavy atom. The van der Waals surface area contributed by atoms with Crippen LogP contribution in [0, 0.1) is 0 Å². The van der Waals surface area contributed by atoms with Crippen LogP contribution in [0.1, 0.15) is 31.1 Å². The van der Waals surface area contributed by atoms with Crippen LogP contribution in [0.5, 0.6) is 0 Å². The molecule has 1 N–H and O–H groups in total. The largest absolute Gasteiger partial charge is 0.354 e. The first-order chi connectivity index (χ1) is 9.51. The molecule has 0 saturated heterocycles.